The third kappa shape index (κ3) is 4.82. The number of anilines is 2. The van der Waals surface area contributed by atoms with E-state index >= 15 is 0 Å². The Morgan fingerprint density at radius 2 is 1.92 bits per heavy atom. The molecule has 196 valence electrons. The average Bonchev–Trinajstić information content (AvgIpc) is 3.59. The average molecular weight is 542 g/mol. The maximum Gasteiger partial charge on any atom is 0.255 e. The van der Waals surface area contributed by atoms with Crippen LogP contribution in [0, 0.1) is 5.82 Å². The van der Waals surface area contributed by atoms with Crippen LogP contribution >= 0.6 is 11.3 Å². The minimum atomic E-state index is -1.26. The molecule has 0 aliphatic carbocycles. The van der Waals surface area contributed by atoms with Crippen molar-refractivity contribution in [1.29, 1.82) is 0 Å². The molecule has 0 bridgehead atoms. The van der Waals surface area contributed by atoms with Crippen LogP contribution in [0.1, 0.15) is 27.5 Å². The molecular formula is C29H24FN5O3S. The van der Waals surface area contributed by atoms with Gasteiger partial charge in [-0.25, -0.2) is 9.37 Å². The van der Waals surface area contributed by atoms with Crippen LogP contribution in [0.15, 0.2) is 84.6 Å². The number of phenolic OH excluding ortho intramolecular Hbond substituents is 1. The molecule has 1 aromatic heterocycles. The van der Waals surface area contributed by atoms with Gasteiger partial charge in [-0.1, -0.05) is 24.3 Å². The van der Waals surface area contributed by atoms with Crippen molar-refractivity contribution in [2.45, 2.75) is 12.6 Å². The van der Waals surface area contributed by atoms with Gasteiger partial charge in [0.2, 0.25) is 0 Å². The number of thiazole rings is 1. The Morgan fingerprint density at radius 3 is 2.67 bits per heavy atom. The van der Waals surface area contributed by atoms with Gasteiger partial charge in [0.05, 0.1) is 0 Å². The van der Waals surface area contributed by atoms with Crippen molar-refractivity contribution in [3.05, 3.63) is 107 Å². The highest BCUT2D eigenvalue weighted by Gasteiger charge is 2.39. The summed E-state index contributed by atoms with van der Waals surface area (Å²) < 4.78 is 14.2. The van der Waals surface area contributed by atoms with Gasteiger partial charge >= 0.3 is 0 Å². The van der Waals surface area contributed by atoms with Gasteiger partial charge < -0.3 is 20.2 Å². The van der Waals surface area contributed by atoms with E-state index in [0.29, 0.717) is 10.7 Å². The fourth-order valence-corrected chi connectivity index (χ4v) is 5.44. The van der Waals surface area contributed by atoms with Gasteiger partial charge in [-0.05, 0) is 53.1 Å². The standard InChI is InChI=1S/C29H24FN5O3S/c30-21-5-8-25(36)24(16-21)26(27(37)33-29-32-11-14-39-29)35-17-20-2-1-19(15-23(20)28(35)38)18-3-6-22(7-4-18)34-12-9-31-10-13-34/h1-9,11-12,14-16,26,31,36H,10,13,17H2,(H,32,33,37)/t26-/m1/s1. The summed E-state index contributed by atoms with van der Waals surface area (Å²) in [5.41, 5.74) is 4.10. The van der Waals surface area contributed by atoms with Crippen molar-refractivity contribution in [2.24, 2.45) is 0 Å². The van der Waals surface area contributed by atoms with E-state index < -0.39 is 17.8 Å². The third-order valence-corrected chi connectivity index (χ3v) is 7.54. The summed E-state index contributed by atoms with van der Waals surface area (Å²) in [4.78, 5) is 34.7. The number of amides is 2. The first-order valence-electron chi connectivity index (χ1n) is 12.4. The maximum atomic E-state index is 14.2. The summed E-state index contributed by atoms with van der Waals surface area (Å²) in [6.07, 6.45) is 5.46. The molecule has 4 aromatic rings. The lowest BCUT2D eigenvalue weighted by Crippen LogP contribution is -2.37. The first kappa shape index (κ1) is 24.6. The van der Waals surface area contributed by atoms with Gasteiger partial charge in [0.15, 0.2) is 5.13 Å². The number of rotatable bonds is 6. The van der Waals surface area contributed by atoms with Crippen molar-refractivity contribution < 1.29 is 19.1 Å². The van der Waals surface area contributed by atoms with Gasteiger partial charge in [0.1, 0.15) is 17.6 Å². The fourth-order valence-electron chi connectivity index (χ4n) is 4.91. The molecule has 3 heterocycles. The minimum absolute atomic E-state index is 0.00277. The van der Waals surface area contributed by atoms with Crippen molar-refractivity contribution in [1.82, 2.24) is 15.2 Å². The molecule has 3 aromatic carbocycles. The second-order valence-corrected chi connectivity index (χ2v) is 10.1. The number of phenols is 1. The number of hydrogen-bond acceptors (Lipinski definition) is 7. The number of hydrogen-bond donors (Lipinski definition) is 3. The lowest BCUT2D eigenvalue weighted by Gasteiger charge is -2.27. The molecule has 0 saturated carbocycles. The van der Waals surface area contributed by atoms with E-state index in [4.69, 9.17) is 0 Å². The van der Waals surface area contributed by atoms with Gasteiger partial charge in [0, 0.05) is 60.4 Å². The highest BCUT2D eigenvalue weighted by Crippen LogP contribution is 2.38. The molecule has 1 atom stereocenters. The van der Waals surface area contributed by atoms with Crippen LogP contribution in [-0.4, -0.2) is 39.9 Å². The summed E-state index contributed by atoms with van der Waals surface area (Å²) in [7, 11) is 0. The zero-order valence-corrected chi connectivity index (χ0v) is 21.5. The molecule has 0 unspecified atom stereocenters. The van der Waals surface area contributed by atoms with Crippen LogP contribution < -0.4 is 15.5 Å². The number of fused-ring (bicyclic) bond motifs is 1. The predicted octanol–water partition coefficient (Wildman–Crippen LogP) is 4.87. The Balaban J connectivity index is 1.30. The molecule has 6 rings (SSSR count). The van der Waals surface area contributed by atoms with Crippen LogP contribution in [0.2, 0.25) is 0 Å². The van der Waals surface area contributed by atoms with E-state index in [1.807, 2.05) is 54.9 Å². The molecule has 3 N–H and O–H groups in total. The lowest BCUT2D eigenvalue weighted by molar-refractivity contribution is -0.120. The number of nitrogens with one attached hydrogen (secondary N) is 2. The number of aromatic nitrogens is 1. The van der Waals surface area contributed by atoms with E-state index in [0.717, 1.165) is 47.6 Å². The summed E-state index contributed by atoms with van der Waals surface area (Å²) in [6.45, 7) is 1.88. The van der Waals surface area contributed by atoms with Crippen LogP contribution in [0.3, 0.4) is 0 Å². The number of carbonyl (C=O) groups is 2. The largest absolute Gasteiger partial charge is 0.508 e. The first-order valence-corrected chi connectivity index (χ1v) is 13.3. The smallest absolute Gasteiger partial charge is 0.255 e. The molecule has 0 spiro atoms. The van der Waals surface area contributed by atoms with Crippen molar-refractivity contribution in [3.8, 4) is 16.9 Å². The Bertz CT molecular complexity index is 1570. The molecule has 0 saturated heterocycles. The Hall–Kier alpha value is -4.70. The minimum Gasteiger partial charge on any atom is -0.508 e. The van der Waals surface area contributed by atoms with Gasteiger partial charge in [-0.3, -0.25) is 14.9 Å². The molecule has 8 nitrogen and oxygen atoms in total. The van der Waals surface area contributed by atoms with Crippen LogP contribution in [0.4, 0.5) is 15.2 Å². The number of halogens is 1. The first-order chi connectivity index (χ1) is 19.0. The maximum absolute atomic E-state index is 14.2. The molecule has 0 fully saturated rings. The molecular weight excluding hydrogens is 517 g/mol. The van der Waals surface area contributed by atoms with Gasteiger partial charge in [-0.2, -0.15) is 0 Å². The number of benzene rings is 3. The third-order valence-electron chi connectivity index (χ3n) is 6.85. The Kier molecular flexibility index (Phi) is 6.45. The van der Waals surface area contributed by atoms with Crippen molar-refractivity contribution in [3.63, 3.8) is 0 Å². The number of nitrogens with zero attached hydrogens (tertiary/aromatic N) is 3. The topological polar surface area (TPSA) is 97.8 Å². The lowest BCUT2D eigenvalue weighted by atomic mass is 10.00. The van der Waals surface area contributed by atoms with E-state index in [1.165, 1.54) is 22.3 Å². The second kappa shape index (κ2) is 10.2. The summed E-state index contributed by atoms with van der Waals surface area (Å²) in [5, 5.41) is 18.5. The molecule has 2 aliphatic rings. The SMILES string of the molecule is O=C(Nc1nccs1)[C@@H](c1cc(F)ccc1O)N1Cc2ccc(-c3ccc(N4C=CNCC4)cc3)cc2C1=O. The predicted molar refractivity (Wildman–Crippen MR) is 148 cm³/mol. The molecule has 2 amide bonds. The normalized spacial score (nSPS) is 15.2. The highest BCUT2D eigenvalue weighted by atomic mass is 32.1. The van der Waals surface area contributed by atoms with Crippen LogP contribution in [0.5, 0.6) is 5.75 Å². The number of carbonyl (C=O) groups excluding carboxylic acids is 2. The molecule has 10 heteroatoms. The van der Waals surface area contributed by atoms with E-state index in [9.17, 15) is 19.1 Å². The Labute approximate surface area is 228 Å². The van der Waals surface area contributed by atoms with Crippen molar-refractivity contribution >= 4 is 34.0 Å². The zero-order valence-electron chi connectivity index (χ0n) is 20.7. The number of aromatic hydroxyl groups is 1. The highest BCUT2D eigenvalue weighted by molar-refractivity contribution is 7.13. The molecule has 39 heavy (non-hydrogen) atoms. The summed E-state index contributed by atoms with van der Waals surface area (Å²) in [6, 6.07) is 15.8. The molecule has 0 radical (unpaired) electrons. The molecule has 2 aliphatic heterocycles. The van der Waals surface area contributed by atoms with E-state index in [2.05, 4.69) is 20.5 Å². The summed E-state index contributed by atoms with van der Waals surface area (Å²) in [5.74, 6) is -1.87. The quantitative estimate of drug-likeness (QED) is 0.322. The summed E-state index contributed by atoms with van der Waals surface area (Å²) >= 11 is 1.22. The Morgan fingerprint density at radius 1 is 1.10 bits per heavy atom. The zero-order chi connectivity index (χ0) is 26.9. The monoisotopic (exact) mass is 541 g/mol. The van der Waals surface area contributed by atoms with E-state index in [1.54, 1.807) is 11.6 Å². The fraction of sp³-hybridized carbons (Fsp3) is 0.138. The van der Waals surface area contributed by atoms with Crippen LogP contribution in [0.25, 0.3) is 11.1 Å². The van der Waals surface area contributed by atoms with Gasteiger partial charge in [-0.15, -0.1) is 11.3 Å². The van der Waals surface area contributed by atoms with Crippen LogP contribution in [-0.2, 0) is 11.3 Å². The van der Waals surface area contributed by atoms with Crippen molar-refractivity contribution in [2.75, 3.05) is 23.3 Å². The second-order valence-electron chi connectivity index (χ2n) is 9.25. The van der Waals surface area contributed by atoms with Gasteiger partial charge in [0.25, 0.3) is 11.8 Å². The van der Waals surface area contributed by atoms with E-state index in [-0.39, 0.29) is 23.8 Å².